The first-order chi connectivity index (χ1) is 9.66. The van der Waals surface area contributed by atoms with E-state index in [1.165, 1.54) is 4.31 Å². The van der Waals surface area contributed by atoms with E-state index in [0.717, 1.165) is 24.5 Å². The molecule has 0 amide bonds. The summed E-state index contributed by atoms with van der Waals surface area (Å²) in [5.74, 6) is -1.05. The lowest BCUT2D eigenvalue weighted by atomic mass is 10.3. The van der Waals surface area contributed by atoms with Crippen LogP contribution < -0.4 is 5.32 Å². The average Bonchev–Trinajstić information content (AvgIpc) is 2.86. The molecule has 0 radical (unpaired) electrons. The Morgan fingerprint density at radius 3 is 2.43 bits per heavy atom. The third kappa shape index (κ3) is 3.25. The van der Waals surface area contributed by atoms with Crippen LogP contribution in [0.15, 0.2) is 28.0 Å². The zero-order valence-electron chi connectivity index (χ0n) is 11.7. The van der Waals surface area contributed by atoms with Crippen molar-refractivity contribution in [2.45, 2.75) is 22.3 Å². The molecule has 1 fully saturated rings. The topological polar surface area (TPSA) is 83.6 Å². The molecule has 0 aliphatic carbocycles. The highest BCUT2D eigenvalue weighted by atomic mass is 32.2. The second-order valence-corrected chi connectivity index (χ2v) is 8.92. The number of likely N-dealkylation sites (N-methyl/N-ethyl adjacent to an activating group) is 1. The Balaban J connectivity index is 2.36. The molecule has 1 aliphatic rings. The lowest BCUT2D eigenvalue weighted by Gasteiger charge is -2.17. The average molecular weight is 336 g/mol. The number of halogens is 1. The van der Waals surface area contributed by atoms with Gasteiger partial charge in [0, 0.05) is 25.4 Å². The van der Waals surface area contributed by atoms with E-state index in [-0.39, 0.29) is 10.9 Å². The van der Waals surface area contributed by atoms with Gasteiger partial charge in [-0.15, -0.1) is 0 Å². The molecule has 1 unspecified atom stereocenters. The Bertz CT molecular complexity index is 747. The molecule has 9 heteroatoms. The molecule has 1 heterocycles. The highest BCUT2D eigenvalue weighted by molar-refractivity contribution is 7.90. The van der Waals surface area contributed by atoms with Gasteiger partial charge in [-0.3, -0.25) is 0 Å². The Morgan fingerprint density at radius 1 is 1.29 bits per heavy atom. The van der Waals surface area contributed by atoms with Gasteiger partial charge in [-0.05, 0) is 31.7 Å². The fraction of sp³-hybridized carbons (Fsp3) is 0.500. The molecule has 2 rings (SSSR count). The lowest BCUT2D eigenvalue weighted by Crippen LogP contribution is -2.33. The SMILES string of the molecule is CNC1CCN(S(=O)(=O)c2ccc(S(C)(=O)=O)c(F)c2)C1. The quantitative estimate of drug-likeness (QED) is 0.850. The monoisotopic (exact) mass is 336 g/mol. The van der Waals surface area contributed by atoms with Gasteiger partial charge in [-0.2, -0.15) is 4.31 Å². The highest BCUT2D eigenvalue weighted by Crippen LogP contribution is 2.24. The summed E-state index contributed by atoms with van der Waals surface area (Å²) in [5, 5.41) is 3.00. The molecule has 0 saturated carbocycles. The molecule has 21 heavy (non-hydrogen) atoms. The van der Waals surface area contributed by atoms with Crippen LogP contribution in [-0.2, 0) is 19.9 Å². The van der Waals surface area contributed by atoms with Gasteiger partial charge in [-0.1, -0.05) is 0 Å². The molecule has 1 atom stereocenters. The summed E-state index contributed by atoms with van der Waals surface area (Å²) in [4.78, 5) is -0.736. The third-order valence-electron chi connectivity index (χ3n) is 3.50. The first-order valence-electron chi connectivity index (χ1n) is 6.33. The predicted octanol–water partition coefficient (Wildman–Crippen LogP) is 0.212. The number of hydrogen-bond donors (Lipinski definition) is 1. The van der Waals surface area contributed by atoms with Gasteiger partial charge >= 0.3 is 0 Å². The predicted molar refractivity (Wildman–Crippen MR) is 75.7 cm³/mol. The molecule has 0 bridgehead atoms. The second-order valence-electron chi connectivity index (χ2n) is 5.00. The van der Waals surface area contributed by atoms with Crippen molar-refractivity contribution in [2.24, 2.45) is 0 Å². The van der Waals surface area contributed by atoms with E-state index in [9.17, 15) is 21.2 Å². The maximum absolute atomic E-state index is 13.8. The van der Waals surface area contributed by atoms with Gasteiger partial charge in [0.15, 0.2) is 9.84 Å². The minimum Gasteiger partial charge on any atom is -0.316 e. The molecule has 118 valence electrons. The van der Waals surface area contributed by atoms with E-state index in [2.05, 4.69) is 5.32 Å². The molecule has 0 spiro atoms. The van der Waals surface area contributed by atoms with Crippen LogP contribution in [0.4, 0.5) is 4.39 Å². The number of sulfonamides is 1. The zero-order chi connectivity index (χ0) is 15.8. The van der Waals surface area contributed by atoms with Gasteiger partial charge in [0.2, 0.25) is 10.0 Å². The van der Waals surface area contributed by atoms with Crippen molar-refractivity contribution in [1.82, 2.24) is 9.62 Å². The zero-order valence-corrected chi connectivity index (χ0v) is 13.3. The summed E-state index contributed by atoms with van der Waals surface area (Å²) < 4.78 is 62.6. The number of sulfone groups is 1. The maximum Gasteiger partial charge on any atom is 0.243 e. The number of rotatable bonds is 4. The van der Waals surface area contributed by atoms with Crippen LogP contribution in [0.25, 0.3) is 0 Å². The van der Waals surface area contributed by atoms with Crippen LogP contribution in [0.1, 0.15) is 6.42 Å². The molecule has 1 saturated heterocycles. The second kappa shape index (κ2) is 5.64. The molecule has 1 aromatic carbocycles. The third-order valence-corrected chi connectivity index (χ3v) is 6.49. The molecule has 0 aromatic heterocycles. The van der Waals surface area contributed by atoms with Crippen LogP contribution in [0.2, 0.25) is 0 Å². The molecule has 1 aliphatic heterocycles. The molecule has 1 aromatic rings. The van der Waals surface area contributed by atoms with E-state index in [1.54, 1.807) is 7.05 Å². The van der Waals surface area contributed by atoms with Crippen molar-refractivity contribution in [2.75, 3.05) is 26.4 Å². The minimum atomic E-state index is -3.81. The Morgan fingerprint density at radius 2 is 1.95 bits per heavy atom. The summed E-state index contributed by atoms with van der Waals surface area (Å²) in [6, 6.07) is 2.95. The molecular weight excluding hydrogens is 319 g/mol. The minimum absolute atomic E-state index is 0.0694. The number of benzene rings is 1. The van der Waals surface area contributed by atoms with Crippen LogP contribution in [-0.4, -0.2) is 53.6 Å². The van der Waals surface area contributed by atoms with Crippen molar-refractivity contribution in [1.29, 1.82) is 0 Å². The first kappa shape index (κ1) is 16.3. The van der Waals surface area contributed by atoms with Crippen LogP contribution >= 0.6 is 0 Å². The smallest absolute Gasteiger partial charge is 0.243 e. The van der Waals surface area contributed by atoms with Crippen LogP contribution in [0, 0.1) is 5.82 Å². The highest BCUT2D eigenvalue weighted by Gasteiger charge is 2.32. The van der Waals surface area contributed by atoms with Gasteiger partial charge in [-0.25, -0.2) is 21.2 Å². The normalized spacial score (nSPS) is 20.8. The Kier molecular flexibility index (Phi) is 4.39. The summed E-state index contributed by atoms with van der Waals surface area (Å²) >= 11 is 0. The van der Waals surface area contributed by atoms with Crippen molar-refractivity contribution < 1.29 is 21.2 Å². The van der Waals surface area contributed by atoms with E-state index < -0.39 is 30.6 Å². The summed E-state index contributed by atoms with van der Waals surface area (Å²) in [6.45, 7) is 0.664. The van der Waals surface area contributed by atoms with Gasteiger partial charge in [0.05, 0.1) is 4.90 Å². The van der Waals surface area contributed by atoms with Crippen molar-refractivity contribution in [3.8, 4) is 0 Å². The fourth-order valence-electron chi connectivity index (χ4n) is 2.27. The molecule has 6 nitrogen and oxygen atoms in total. The fourth-order valence-corrected chi connectivity index (χ4v) is 4.51. The van der Waals surface area contributed by atoms with Crippen molar-refractivity contribution in [3.05, 3.63) is 24.0 Å². The van der Waals surface area contributed by atoms with E-state index >= 15 is 0 Å². The van der Waals surface area contributed by atoms with E-state index in [1.807, 2.05) is 0 Å². The number of nitrogens with one attached hydrogen (secondary N) is 1. The standard InChI is InChI=1S/C12H17FN2O4S2/c1-14-9-5-6-15(8-9)21(18,19)10-3-4-12(11(13)7-10)20(2,16)17/h3-4,7,9,14H,5-6,8H2,1-2H3. The first-order valence-corrected chi connectivity index (χ1v) is 9.66. The van der Waals surface area contributed by atoms with Crippen LogP contribution in [0.3, 0.4) is 0 Å². The largest absolute Gasteiger partial charge is 0.316 e. The van der Waals surface area contributed by atoms with Gasteiger partial charge < -0.3 is 5.32 Å². The van der Waals surface area contributed by atoms with Crippen molar-refractivity contribution >= 4 is 19.9 Å². The van der Waals surface area contributed by atoms with Crippen molar-refractivity contribution in [3.63, 3.8) is 0 Å². The van der Waals surface area contributed by atoms with Crippen LogP contribution in [0.5, 0.6) is 0 Å². The molecule has 1 N–H and O–H groups in total. The molecular formula is C12H17FN2O4S2. The van der Waals surface area contributed by atoms with Gasteiger partial charge in [0.1, 0.15) is 10.7 Å². The van der Waals surface area contributed by atoms with E-state index in [0.29, 0.717) is 19.5 Å². The lowest BCUT2D eigenvalue weighted by molar-refractivity contribution is 0.463. The Hall–Kier alpha value is -1.03. The summed E-state index contributed by atoms with van der Waals surface area (Å²) in [7, 11) is -5.78. The van der Waals surface area contributed by atoms with Gasteiger partial charge in [0.25, 0.3) is 0 Å². The summed E-state index contributed by atoms with van der Waals surface area (Å²) in [5.41, 5.74) is 0. The Labute approximate surface area is 123 Å². The maximum atomic E-state index is 13.8. The number of nitrogens with zero attached hydrogens (tertiary/aromatic N) is 1. The number of hydrogen-bond acceptors (Lipinski definition) is 5. The van der Waals surface area contributed by atoms with E-state index in [4.69, 9.17) is 0 Å². The summed E-state index contributed by atoms with van der Waals surface area (Å²) in [6.07, 6.45) is 1.55.